The predicted octanol–water partition coefficient (Wildman–Crippen LogP) is 5.87. The fourth-order valence-electron chi connectivity index (χ4n) is 2.66. The SMILES string of the molecule is CCC(C)c1cccc2c(C(C)CC)cccc12. The first-order valence-electron chi connectivity index (χ1n) is 7.20. The molecule has 2 unspecified atom stereocenters. The van der Waals surface area contributed by atoms with E-state index in [1.807, 2.05) is 0 Å². The lowest BCUT2D eigenvalue weighted by Crippen LogP contribution is -1.97. The average molecular weight is 240 g/mol. The highest BCUT2D eigenvalue weighted by molar-refractivity contribution is 5.89. The highest BCUT2D eigenvalue weighted by atomic mass is 14.2. The van der Waals surface area contributed by atoms with Crippen molar-refractivity contribution < 1.29 is 0 Å². The van der Waals surface area contributed by atoms with Crippen molar-refractivity contribution in [3.05, 3.63) is 47.5 Å². The van der Waals surface area contributed by atoms with Crippen molar-refractivity contribution in [3.8, 4) is 0 Å². The molecular formula is C18H24. The van der Waals surface area contributed by atoms with Crippen molar-refractivity contribution in [2.24, 2.45) is 0 Å². The molecule has 0 saturated heterocycles. The van der Waals surface area contributed by atoms with Gasteiger partial charge in [0.05, 0.1) is 0 Å². The molecule has 0 radical (unpaired) electrons. The van der Waals surface area contributed by atoms with Gasteiger partial charge in [-0.1, -0.05) is 64.1 Å². The third kappa shape index (κ3) is 2.29. The molecule has 96 valence electrons. The van der Waals surface area contributed by atoms with Crippen LogP contribution < -0.4 is 0 Å². The molecule has 0 heteroatoms. The van der Waals surface area contributed by atoms with Crippen LogP contribution in [0.15, 0.2) is 36.4 Å². The summed E-state index contributed by atoms with van der Waals surface area (Å²) in [5.74, 6) is 1.28. The Morgan fingerprint density at radius 2 is 1.11 bits per heavy atom. The smallest absolute Gasteiger partial charge is 0.0146 e. The van der Waals surface area contributed by atoms with Crippen LogP contribution in [-0.4, -0.2) is 0 Å². The Bertz CT molecular complexity index is 475. The number of fused-ring (bicyclic) bond motifs is 1. The fourth-order valence-corrected chi connectivity index (χ4v) is 2.66. The molecule has 0 fully saturated rings. The molecule has 0 aliphatic heterocycles. The van der Waals surface area contributed by atoms with Gasteiger partial charge in [-0.05, 0) is 46.6 Å². The molecular weight excluding hydrogens is 216 g/mol. The van der Waals surface area contributed by atoms with Crippen LogP contribution in [0.5, 0.6) is 0 Å². The minimum absolute atomic E-state index is 0.640. The quantitative estimate of drug-likeness (QED) is 0.627. The fraction of sp³-hybridized carbons (Fsp3) is 0.444. The Balaban J connectivity index is 2.65. The Kier molecular flexibility index (Phi) is 4.06. The van der Waals surface area contributed by atoms with Crippen LogP contribution in [-0.2, 0) is 0 Å². The topological polar surface area (TPSA) is 0 Å². The molecule has 0 amide bonds. The molecule has 0 heterocycles. The molecule has 0 spiro atoms. The summed E-state index contributed by atoms with van der Waals surface area (Å²) in [6.07, 6.45) is 2.40. The molecule has 0 saturated carbocycles. The molecule has 2 atom stereocenters. The standard InChI is InChI=1S/C18H24/c1-5-13(3)15-9-7-12-18-16(14(4)6-2)10-8-11-17(15)18/h7-14H,5-6H2,1-4H3. The lowest BCUT2D eigenvalue weighted by Gasteiger charge is -2.17. The maximum Gasteiger partial charge on any atom is -0.0146 e. The van der Waals surface area contributed by atoms with Gasteiger partial charge in [0.2, 0.25) is 0 Å². The second-order valence-corrected chi connectivity index (χ2v) is 5.41. The van der Waals surface area contributed by atoms with Gasteiger partial charge in [0.15, 0.2) is 0 Å². The van der Waals surface area contributed by atoms with Crippen molar-refractivity contribution >= 4 is 10.8 Å². The van der Waals surface area contributed by atoms with Crippen LogP contribution in [0, 0.1) is 0 Å². The van der Waals surface area contributed by atoms with Gasteiger partial charge in [0, 0.05) is 0 Å². The summed E-state index contributed by atoms with van der Waals surface area (Å²) in [7, 11) is 0. The van der Waals surface area contributed by atoms with Crippen molar-refractivity contribution in [2.45, 2.75) is 52.4 Å². The maximum absolute atomic E-state index is 2.32. The zero-order valence-electron chi connectivity index (χ0n) is 12.0. The first-order valence-corrected chi connectivity index (χ1v) is 7.20. The van der Waals surface area contributed by atoms with E-state index >= 15 is 0 Å². The van der Waals surface area contributed by atoms with E-state index in [0.29, 0.717) is 11.8 Å². The van der Waals surface area contributed by atoms with E-state index in [-0.39, 0.29) is 0 Å². The van der Waals surface area contributed by atoms with E-state index in [0.717, 1.165) is 0 Å². The third-order valence-corrected chi connectivity index (χ3v) is 4.28. The number of rotatable bonds is 4. The highest BCUT2D eigenvalue weighted by Crippen LogP contribution is 2.32. The van der Waals surface area contributed by atoms with Gasteiger partial charge in [-0.2, -0.15) is 0 Å². The average Bonchev–Trinajstić information content (AvgIpc) is 2.44. The number of benzene rings is 2. The lowest BCUT2D eigenvalue weighted by molar-refractivity contribution is 0.734. The molecule has 2 aromatic rings. The minimum Gasteiger partial charge on any atom is -0.0648 e. The van der Waals surface area contributed by atoms with E-state index in [1.54, 1.807) is 0 Å². The lowest BCUT2D eigenvalue weighted by atomic mass is 9.88. The molecule has 2 aromatic carbocycles. The Hall–Kier alpha value is -1.30. The van der Waals surface area contributed by atoms with Crippen LogP contribution in [0.2, 0.25) is 0 Å². The van der Waals surface area contributed by atoms with Crippen molar-refractivity contribution in [2.75, 3.05) is 0 Å². The van der Waals surface area contributed by atoms with Crippen LogP contribution in [0.1, 0.15) is 63.5 Å². The maximum atomic E-state index is 2.32. The van der Waals surface area contributed by atoms with Gasteiger partial charge in [0.25, 0.3) is 0 Å². The first kappa shape index (κ1) is 13.1. The molecule has 0 aliphatic carbocycles. The molecule has 0 nitrogen and oxygen atoms in total. The summed E-state index contributed by atoms with van der Waals surface area (Å²) in [5.41, 5.74) is 3.00. The van der Waals surface area contributed by atoms with Gasteiger partial charge < -0.3 is 0 Å². The molecule has 18 heavy (non-hydrogen) atoms. The molecule has 0 bridgehead atoms. The third-order valence-electron chi connectivity index (χ3n) is 4.28. The first-order chi connectivity index (χ1) is 8.69. The zero-order chi connectivity index (χ0) is 13.1. The highest BCUT2D eigenvalue weighted by Gasteiger charge is 2.11. The van der Waals surface area contributed by atoms with E-state index in [9.17, 15) is 0 Å². The largest absolute Gasteiger partial charge is 0.0648 e. The Labute approximate surface area is 111 Å². The Morgan fingerprint density at radius 1 is 0.722 bits per heavy atom. The second kappa shape index (κ2) is 5.56. The van der Waals surface area contributed by atoms with Crippen LogP contribution in [0.4, 0.5) is 0 Å². The van der Waals surface area contributed by atoms with E-state index in [2.05, 4.69) is 64.1 Å². The summed E-state index contributed by atoms with van der Waals surface area (Å²) >= 11 is 0. The molecule has 0 aliphatic rings. The van der Waals surface area contributed by atoms with Crippen molar-refractivity contribution in [3.63, 3.8) is 0 Å². The molecule has 0 N–H and O–H groups in total. The van der Waals surface area contributed by atoms with Gasteiger partial charge in [0.1, 0.15) is 0 Å². The van der Waals surface area contributed by atoms with Crippen molar-refractivity contribution in [1.29, 1.82) is 0 Å². The normalized spacial score (nSPS) is 14.7. The number of hydrogen-bond donors (Lipinski definition) is 0. The van der Waals surface area contributed by atoms with E-state index in [4.69, 9.17) is 0 Å². The monoisotopic (exact) mass is 240 g/mol. The van der Waals surface area contributed by atoms with E-state index in [1.165, 1.54) is 34.7 Å². The molecule has 0 aromatic heterocycles. The van der Waals surface area contributed by atoms with Gasteiger partial charge in [-0.3, -0.25) is 0 Å². The summed E-state index contributed by atoms with van der Waals surface area (Å²) in [5, 5.41) is 2.90. The Morgan fingerprint density at radius 3 is 1.44 bits per heavy atom. The van der Waals surface area contributed by atoms with Gasteiger partial charge in [-0.25, -0.2) is 0 Å². The minimum atomic E-state index is 0.640. The predicted molar refractivity (Wildman–Crippen MR) is 81.4 cm³/mol. The summed E-state index contributed by atoms with van der Waals surface area (Å²) < 4.78 is 0. The second-order valence-electron chi connectivity index (χ2n) is 5.41. The van der Waals surface area contributed by atoms with Gasteiger partial charge >= 0.3 is 0 Å². The summed E-state index contributed by atoms with van der Waals surface area (Å²) in [4.78, 5) is 0. The van der Waals surface area contributed by atoms with Crippen LogP contribution >= 0.6 is 0 Å². The van der Waals surface area contributed by atoms with Crippen LogP contribution in [0.3, 0.4) is 0 Å². The summed E-state index contributed by atoms with van der Waals surface area (Å²) in [6, 6.07) is 13.6. The van der Waals surface area contributed by atoms with Crippen LogP contribution in [0.25, 0.3) is 10.8 Å². The van der Waals surface area contributed by atoms with Gasteiger partial charge in [-0.15, -0.1) is 0 Å². The van der Waals surface area contributed by atoms with Crippen molar-refractivity contribution in [1.82, 2.24) is 0 Å². The number of hydrogen-bond acceptors (Lipinski definition) is 0. The van der Waals surface area contributed by atoms with E-state index < -0.39 is 0 Å². The summed E-state index contributed by atoms with van der Waals surface area (Å²) in [6.45, 7) is 9.18. The molecule has 2 rings (SSSR count). The zero-order valence-corrected chi connectivity index (χ0v) is 12.0.